The molecular weight excluding hydrogens is 308 g/mol. The highest BCUT2D eigenvalue weighted by molar-refractivity contribution is 7.89. The van der Waals surface area contributed by atoms with E-state index in [1.807, 2.05) is 20.0 Å². The van der Waals surface area contributed by atoms with Gasteiger partial charge in [0.25, 0.3) is 0 Å². The smallest absolute Gasteiger partial charge is 0.240 e. The fourth-order valence-electron chi connectivity index (χ4n) is 1.93. The van der Waals surface area contributed by atoms with Crippen molar-refractivity contribution < 1.29 is 12.6 Å². The Morgan fingerprint density at radius 1 is 1.33 bits per heavy atom. The third-order valence-electron chi connectivity index (χ3n) is 3.45. The van der Waals surface area contributed by atoms with Crippen molar-refractivity contribution in [3.05, 3.63) is 29.8 Å². The number of hydrogen-bond donors (Lipinski definition) is 2. The summed E-state index contributed by atoms with van der Waals surface area (Å²) in [5.74, 6) is 0. The van der Waals surface area contributed by atoms with Gasteiger partial charge in [-0.3, -0.25) is 4.21 Å². The van der Waals surface area contributed by atoms with E-state index in [-0.39, 0.29) is 22.7 Å². The van der Waals surface area contributed by atoms with E-state index in [0.29, 0.717) is 0 Å². The van der Waals surface area contributed by atoms with Gasteiger partial charge in [0.1, 0.15) is 0 Å². The summed E-state index contributed by atoms with van der Waals surface area (Å²) < 4.78 is 38.4. The van der Waals surface area contributed by atoms with Crippen LogP contribution in [0.3, 0.4) is 0 Å². The van der Waals surface area contributed by atoms with Gasteiger partial charge >= 0.3 is 0 Å². The normalized spacial score (nSPS) is 16.4. The largest absolute Gasteiger partial charge is 0.313 e. The predicted molar refractivity (Wildman–Crippen MR) is 87.3 cm³/mol. The summed E-state index contributed by atoms with van der Waals surface area (Å²) in [7, 11) is -2.77. The monoisotopic (exact) mass is 332 g/mol. The molecule has 1 rings (SSSR count). The van der Waals surface area contributed by atoms with E-state index in [1.54, 1.807) is 31.4 Å². The fraction of sp³-hybridized carbons (Fsp3) is 0.571. The summed E-state index contributed by atoms with van der Waals surface area (Å²) in [5.41, 5.74) is 0.940. The maximum Gasteiger partial charge on any atom is 0.240 e. The highest BCUT2D eigenvalue weighted by Gasteiger charge is 2.18. The molecule has 3 unspecified atom stereocenters. The topological polar surface area (TPSA) is 75.3 Å². The van der Waals surface area contributed by atoms with Crippen molar-refractivity contribution in [3.8, 4) is 0 Å². The summed E-state index contributed by atoms with van der Waals surface area (Å²) in [4.78, 5) is 0.239. The van der Waals surface area contributed by atoms with Gasteiger partial charge in [0.05, 0.1) is 4.90 Å². The maximum atomic E-state index is 12.3. The highest BCUT2D eigenvalue weighted by Crippen LogP contribution is 2.19. The first-order chi connectivity index (χ1) is 9.81. The van der Waals surface area contributed by atoms with Crippen molar-refractivity contribution in [2.75, 3.05) is 19.8 Å². The van der Waals surface area contributed by atoms with Gasteiger partial charge in [0.2, 0.25) is 10.0 Å². The highest BCUT2D eigenvalue weighted by atomic mass is 32.2. The van der Waals surface area contributed by atoms with E-state index in [1.165, 1.54) is 0 Å². The maximum absolute atomic E-state index is 12.3. The van der Waals surface area contributed by atoms with Gasteiger partial charge < -0.3 is 5.32 Å². The van der Waals surface area contributed by atoms with Crippen molar-refractivity contribution in [3.63, 3.8) is 0 Å². The zero-order valence-electron chi connectivity index (χ0n) is 12.9. The molecule has 0 bridgehead atoms. The lowest BCUT2D eigenvalue weighted by Gasteiger charge is -2.16. The molecule has 1 aromatic carbocycles. The van der Waals surface area contributed by atoms with Crippen molar-refractivity contribution >= 4 is 20.8 Å². The van der Waals surface area contributed by atoms with Crippen LogP contribution in [0, 0.1) is 0 Å². The van der Waals surface area contributed by atoms with Crippen molar-refractivity contribution in [1.82, 2.24) is 10.0 Å². The summed E-state index contributed by atoms with van der Waals surface area (Å²) >= 11 is 0. The molecule has 0 spiro atoms. The van der Waals surface area contributed by atoms with Crippen LogP contribution >= 0.6 is 0 Å². The zero-order chi connectivity index (χ0) is 16.0. The van der Waals surface area contributed by atoms with Gasteiger partial charge in [-0.25, -0.2) is 13.1 Å². The van der Waals surface area contributed by atoms with Gasteiger partial charge in [-0.15, -0.1) is 0 Å². The van der Waals surface area contributed by atoms with Crippen LogP contribution in [0.5, 0.6) is 0 Å². The summed E-state index contributed by atoms with van der Waals surface area (Å²) in [5, 5.41) is 2.94. The molecule has 3 atom stereocenters. The summed E-state index contributed by atoms with van der Waals surface area (Å²) in [6.45, 7) is 3.96. The minimum atomic E-state index is -3.57. The fourth-order valence-corrected chi connectivity index (χ4v) is 3.54. The van der Waals surface area contributed by atoms with E-state index >= 15 is 0 Å². The first-order valence-electron chi connectivity index (χ1n) is 6.91. The first-order valence-corrected chi connectivity index (χ1v) is 10.0. The lowest BCUT2D eigenvalue weighted by molar-refractivity contribution is 0.570. The second kappa shape index (κ2) is 8.03. The lowest BCUT2D eigenvalue weighted by atomic mass is 10.1. The standard InChI is InChI=1S/C14H24N2O3S2/c1-5-14(15-3)12-7-6-8-13(9-12)21(18,19)16-10-11(2)20(4)17/h6-9,11,14-16H,5,10H2,1-4H3. The van der Waals surface area contributed by atoms with E-state index < -0.39 is 20.8 Å². The zero-order valence-corrected chi connectivity index (χ0v) is 14.6. The van der Waals surface area contributed by atoms with Crippen LogP contribution in [0.25, 0.3) is 0 Å². The Bertz CT molecular complexity index is 584. The molecule has 0 amide bonds. The molecule has 0 aliphatic heterocycles. The molecule has 7 heteroatoms. The van der Waals surface area contributed by atoms with Crippen LogP contribution in [0.1, 0.15) is 31.9 Å². The van der Waals surface area contributed by atoms with Crippen LogP contribution in [0.15, 0.2) is 29.2 Å². The van der Waals surface area contributed by atoms with Gasteiger partial charge in [-0.05, 0) is 38.1 Å². The molecule has 0 aliphatic carbocycles. The molecule has 0 saturated carbocycles. The average Bonchev–Trinajstić information content (AvgIpc) is 2.46. The quantitative estimate of drug-likeness (QED) is 0.754. The van der Waals surface area contributed by atoms with Crippen molar-refractivity contribution in [2.45, 2.75) is 36.5 Å². The van der Waals surface area contributed by atoms with E-state index in [9.17, 15) is 12.6 Å². The van der Waals surface area contributed by atoms with Crippen LogP contribution < -0.4 is 10.0 Å². The van der Waals surface area contributed by atoms with Crippen LogP contribution in [-0.2, 0) is 20.8 Å². The lowest BCUT2D eigenvalue weighted by Crippen LogP contribution is -2.32. The Morgan fingerprint density at radius 2 is 2.00 bits per heavy atom. The van der Waals surface area contributed by atoms with Gasteiger partial charge in [-0.1, -0.05) is 19.1 Å². The molecule has 120 valence electrons. The second-order valence-electron chi connectivity index (χ2n) is 4.98. The second-order valence-corrected chi connectivity index (χ2v) is 8.55. The van der Waals surface area contributed by atoms with Gasteiger partial charge in [0, 0.05) is 34.9 Å². The Hall–Kier alpha value is -0.760. The molecule has 0 aromatic heterocycles. The Balaban J connectivity index is 2.93. The minimum Gasteiger partial charge on any atom is -0.313 e. The van der Waals surface area contributed by atoms with Crippen molar-refractivity contribution in [1.29, 1.82) is 0 Å². The number of nitrogens with one attached hydrogen (secondary N) is 2. The van der Waals surface area contributed by atoms with Crippen LogP contribution in [0.2, 0.25) is 0 Å². The number of benzene rings is 1. The van der Waals surface area contributed by atoms with E-state index in [4.69, 9.17) is 0 Å². The predicted octanol–water partition coefficient (Wildman–Crippen LogP) is 1.40. The molecule has 0 fully saturated rings. The Morgan fingerprint density at radius 3 is 2.52 bits per heavy atom. The minimum absolute atomic E-state index is 0.127. The summed E-state index contributed by atoms with van der Waals surface area (Å²) in [6.07, 6.45) is 2.44. The molecule has 21 heavy (non-hydrogen) atoms. The Kier molecular flexibility index (Phi) is 6.99. The Labute approximate surface area is 130 Å². The molecule has 2 N–H and O–H groups in total. The van der Waals surface area contributed by atoms with Gasteiger partial charge in [-0.2, -0.15) is 0 Å². The third-order valence-corrected chi connectivity index (χ3v) is 6.18. The average molecular weight is 332 g/mol. The first kappa shape index (κ1) is 18.3. The van der Waals surface area contributed by atoms with E-state index in [2.05, 4.69) is 10.0 Å². The van der Waals surface area contributed by atoms with Crippen molar-refractivity contribution in [2.24, 2.45) is 0 Å². The molecule has 0 saturated heterocycles. The van der Waals surface area contributed by atoms with Gasteiger partial charge in [0.15, 0.2) is 0 Å². The molecule has 1 aromatic rings. The molecular formula is C14H24N2O3S2. The SMILES string of the molecule is CCC(NC)c1cccc(S(=O)(=O)NCC(C)S(C)=O)c1. The molecule has 0 heterocycles. The number of rotatable bonds is 8. The number of sulfonamides is 1. The third kappa shape index (κ3) is 5.18. The van der Waals surface area contributed by atoms with E-state index in [0.717, 1.165) is 12.0 Å². The number of hydrogen-bond acceptors (Lipinski definition) is 4. The molecule has 0 radical (unpaired) electrons. The molecule has 5 nitrogen and oxygen atoms in total. The van der Waals surface area contributed by atoms with Crippen LogP contribution in [-0.4, -0.2) is 37.7 Å². The summed E-state index contributed by atoms with van der Waals surface area (Å²) in [6, 6.07) is 7.03. The molecule has 0 aliphatic rings. The van der Waals surface area contributed by atoms with Crippen LogP contribution in [0.4, 0.5) is 0 Å².